The van der Waals surface area contributed by atoms with E-state index in [1.807, 2.05) is 6.07 Å². The Morgan fingerprint density at radius 2 is 2.30 bits per heavy atom. The molecule has 2 aliphatic heterocycles. The number of carbonyl (C=O) groups is 1. The van der Waals surface area contributed by atoms with Crippen LogP contribution in [0.1, 0.15) is 18.4 Å². The Bertz CT molecular complexity index is 1060. The highest BCUT2D eigenvalue weighted by Crippen LogP contribution is 2.32. The normalized spacial score (nSPS) is 20.6. The molecular formula is C20H22N4O4S2. The Labute approximate surface area is 183 Å². The minimum Gasteiger partial charge on any atom is -0.383 e. The summed E-state index contributed by atoms with van der Waals surface area (Å²) in [4.78, 5) is 32.5. The van der Waals surface area contributed by atoms with E-state index in [0.717, 1.165) is 19.4 Å². The number of nitrogens with zero attached hydrogens (tertiary/aromatic N) is 3. The average molecular weight is 447 g/mol. The molecule has 8 nitrogen and oxygen atoms in total. The molecule has 0 bridgehead atoms. The highest BCUT2D eigenvalue weighted by Gasteiger charge is 2.32. The SMILES string of the molecule is COCCN1C(=O)/C(=C\c2c(NC[C@H]3CCCO3)nc3ccccn3c2=O)SC1=S. The second-order valence-electron chi connectivity index (χ2n) is 6.95. The maximum absolute atomic E-state index is 13.2. The lowest BCUT2D eigenvalue weighted by Crippen LogP contribution is -2.31. The van der Waals surface area contributed by atoms with E-state index in [9.17, 15) is 9.59 Å². The van der Waals surface area contributed by atoms with Crippen molar-refractivity contribution in [3.63, 3.8) is 0 Å². The zero-order valence-electron chi connectivity index (χ0n) is 16.5. The third-order valence-corrected chi connectivity index (χ3v) is 6.34. The summed E-state index contributed by atoms with van der Waals surface area (Å²) in [5.41, 5.74) is 0.601. The molecule has 2 fully saturated rings. The molecule has 0 radical (unpaired) electrons. The van der Waals surface area contributed by atoms with E-state index < -0.39 is 0 Å². The molecule has 2 aromatic rings. The molecule has 2 saturated heterocycles. The summed E-state index contributed by atoms with van der Waals surface area (Å²) < 4.78 is 12.6. The zero-order chi connectivity index (χ0) is 21.1. The van der Waals surface area contributed by atoms with Crippen LogP contribution in [0.4, 0.5) is 5.82 Å². The Morgan fingerprint density at radius 3 is 3.07 bits per heavy atom. The predicted molar refractivity (Wildman–Crippen MR) is 121 cm³/mol. The largest absolute Gasteiger partial charge is 0.383 e. The molecule has 0 unspecified atom stereocenters. The maximum Gasteiger partial charge on any atom is 0.267 e. The fraction of sp³-hybridized carbons (Fsp3) is 0.400. The van der Waals surface area contributed by atoms with Gasteiger partial charge in [-0.3, -0.25) is 18.9 Å². The second-order valence-corrected chi connectivity index (χ2v) is 8.63. The molecule has 4 rings (SSSR count). The van der Waals surface area contributed by atoms with Gasteiger partial charge in [-0.2, -0.15) is 0 Å². The fourth-order valence-corrected chi connectivity index (χ4v) is 4.68. The molecule has 0 saturated carbocycles. The Morgan fingerprint density at radius 1 is 1.43 bits per heavy atom. The highest BCUT2D eigenvalue weighted by atomic mass is 32.2. The lowest BCUT2D eigenvalue weighted by Gasteiger charge is -2.14. The number of pyridine rings is 1. The quantitative estimate of drug-likeness (QED) is 0.512. The van der Waals surface area contributed by atoms with E-state index in [1.54, 1.807) is 31.5 Å². The Hall–Kier alpha value is -2.27. The summed E-state index contributed by atoms with van der Waals surface area (Å²) in [5.74, 6) is 0.202. The van der Waals surface area contributed by atoms with Crippen molar-refractivity contribution in [2.75, 3.05) is 38.7 Å². The van der Waals surface area contributed by atoms with Crippen molar-refractivity contribution in [2.45, 2.75) is 18.9 Å². The van der Waals surface area contributed by atoms with Crippen LogP contribution in [0.2, 0.25) is 0 Å². The van der Waals surface area contributed by atoms with Gasteiger partial charge in [0.15, 0.2) is 0 Å². The van der Waals surface area contributed by atoms with E-state index >= 15 is 0 Å². The van der Waals surface area contributed by atoms with E-state index in [1.165, 1.54) is 21.1 Å². The highest BCUT2D eigenvalue weighted by molar-refractivity contribution is 8.26. The summed E-state index contributed by atoms with van der Waals surface area (Å²) in [6.07, 6.45) is 5.32. The molecule has 1 amide bonds. The Kier molecular flexibility index (Phi) is 6.47. The molecule has 1 atom stereocenters. The Balaban J connectivity index is 1.71. The van der Waals surface area contributed by atoms with Crippen molar-refractivity contribution in [1.82, 2.24) is 14.3 Å². The van der Waals surface area contributed by atoms with Gasteiger partial charge < -0.3 is 14.8 Å². The number of methoxy groups -OCH3 is 1. The van der Waals surface area contributed by atoms with Crippen LogP contribution in [-0.4, -0.2) is 64.0 Å². The monoisotopic (exact) mass is 446 g/mol. The second kappa shape index (κ2) is 9.25. The van der Waals surface area contributed by atoms with Gasteiger partial charge in [0.2, 0.25) is 0 Å². The maximum atomic E-state index is 13.2. The lowest BCUT2D eigenvalue weighted by atomic mass is 10.2. The third kappa shape index (κ3) is 4.27. The lowest BCUT2D eigenvalue weighted by molar-refractivity contribution is -0.122. The van der Waals surface area contributed by atoms with Crippen molar-refractivity contribution in [3.8, 4) is 0 Å². The molecule has 0 aliphatic carbocycles. The van der Waals surface area contributed by atoms with Gasteiger partial charge in [-0.25, -0.2) is 4.98 Å². The summed E-state index contributed by atoms with van der Waals surface area (Å²) in [6.45, 7) is 2.05. The molecule has 2 aliphatic rings. The number of ether oxygens (including phenoxy) is 2. The van der Waals surface area contributed by atoms with Gasteiger partial charge in [0.1, 0.15) is 15.8 Å². The summed E-state index contributed by atoms with van der Waals surface area (Å²) >= 11 is 6.51. The van der Waals surface area contributed by atoms with Crippen molar-refractivity contribution in [1.29, 1.82) is 0 Å². The number of hydrogen-bond acceptors (Lipinski definition) is 8. The average Bonchev–Trinajstić information content (AvgIpc) is 3.36. The zero-order valence-corrected chi connectivity index (χ0v) is 18.1. The molecule has 1 N–H and O–H groups in total. The van der Waals surface area contributed by atoms with Gasteiger partial charge in [-0.15, -0.1) is 0 Å². The number of fused-ring (bicyclic) bond motifs is 1. The smallest absolute Gasteiger partial charge is 0.267 e. The first-order valence-corrected chi connectivity index (χ1v) is 10.9. The van der Waals surface area contributed by atoms with Crippen LogP contribution in [0.15, 0.2) is 34.1 Å². The first-order valence-electron chi connectivity index (χ1n) is 9.69. The first-order chi connectivity index (χ1) is 14.6. The van der Waals surface area contributed by atoms with Gasteiger partial charge in [-0.05, 0) is 31.1 Å². The number of amides is 1. The van der Waals surface area contributed by atoms with E-state index in [-0.39, 0.29) is 17.6 Å². The number of hydrogen-bond donors (Lipinski definition) is 1. The van der Waals surface area contributed by atoms with Crippen LogP contribution < -0.4 is 10.9 Å². The van der Waals surface area contributed by atoms with Gasteiger partial charge in [0, 0.05) is 26.5 Å². The molecule has 0 aromatic carbocycles. The van der Waals surface area contributed by atoms with Crippen LogP contribution in [0.25, 0.3) is 11.7 Å². The molecular weight excluding hydrogens is 424 g/mol. The minimum absolute atomic E-state index is 0.0844. The number of thiocarbonyl (C=S) groups is 1. The van der Waals surface area contributed by atoms with E-state index in [4.69, 9.17) is 21.7 Å². The van der Waals surface area contributed by atoms with E-state index in [0.29, 0.717) is 46.0 Å². The number of aromatic nitrogens is 2. The summed E-state index contributed by atoms with van der Waals surface area (Å²) in [7, 11) is 1.57. The van der Waals surface area contributed by atoms with Gasteiger partial charge in [0.25, 0.3) is 11.5 Å². The fourth-order valence-electron chi connectivity index (χ4n) is 3.39. The van der Waals surface area contributed by atoms with Gasteiger partial charge in [-0.1, -0.05) is 30.0 Å². The molecule has 0 spiro atoms. The third-order valence-electron chi connectivity index (χ3n) is 4.96. The molecule has 10 heteroatoms. The van der Waals surface area contributed by atoms with Crippen LogP contribution in [-0.2, 0) is 14.3 Å². The van der Waals surface area contributed by atoms with Crippen LogP contribution in [0.5, 0.6) is 0 Å². The number of nitrogens with one attached hydrogen (secondary N) is 1. The van der Waals surface area contributed by atoms with Crippen molar-refractivity contribution >= 4 is 51.7 Å². The van der Waals surface area contributed by atoms with E-state index in [2.05, 4.69) is 10.3 Å². The minimum atomic E-state index is -0.252. The standard InChI is InChI=1S/C20H22N4O4S2/c1-27-10-8-24-19(26)15(30-20(24)29)11-14-17(21-12-13-5-4-9-28-13)22-16-6-2-3-7-23(16)18(14)25/h2-3,6-7,11,13,21H,4-5,8-10,12H2,1H3/b15-11+/t13-/m1/s1. The summed E-state index contributed by atoms with van der Waals surface area (Å²) in [6, 6.07) is 5.36. The topological polar surface area (TPSA) is 85.2 Å². The number of anilines is 1. The first kappa shape index (κ1) is 21.0. The van der Waals surface area contributed by atoms with Crippen LogP contribution >= 0.6 is 24.0 Å². The molecule has 4 heterocycles. The van der Waals surface area contributed by atoms with Crippen LogP contribution in [0, 0.1) is 0 Å². The predicted octanol–water partition coefficient (Wildman–Crippen LogP) is 2.13. The van der Waals surface area contributed by atoms with Crippen molar-refractivity contribution in [3.05, 3.63) is 45.2 Å². The van der Waals surface area contributed by atoms with Crippen LogP contribution in [0.3, 0.4) is 0 Å². The number of thioether (sulfide) groups is 1. The van der Waals surface area contributed by atoms with Crippen molar-refractivity contribution < 1.29 is 14.3 Å². The van der Waals surface area contributed by atoms with Gasteiger partial charge >= 0.3 is 0 Å². The van der Waals surface area contributed by atoms with Gasteiger partial charge in [0.05, 0.1) is 29.7 Å². The number of rotatable bonds is 7. The molecule has 2 aromatic heterocycles. The van der Waals surface area contributed by atoms with Crippen molar-refractivity contribution in [2.24, 2.45) is 0 Å². The molecule has 158 valence electrons. The molecule has 30 heavy (non-hydrogen) atoms. The number of carbonyl (C=O) groups excluding carboxylic acids is 1. The summed E-state index contributed by atoms with van der Waals surface area (Å²) in [5, 5.41) is 3.25.